The van der Waals surface area contributed by atoms with Crippen LogP contribution in [0.15, 0.2) is 67.0 Å². The summed E-state index contributed by atoms with van der Waals surface area (Å²) in [6.45, 7) is 1.55. The molecule has 1 saturated heterocycles. The van der Waals surface area contributed by atoms with E-state index in [0.717, 1.165) is 38.5 Å². The number of halogens is 3. The minimum absolute atomic E-state index is 0.00370. The quantitative estimate of drug-likeness (QED) is 0.360. The Kier molecular flexibility index (Phi) is 5.43. The SMILES string of the molecule is CCc1cc(N2C(=O)CN(c3cccc(C(F)(F)F)c3)C2=O)ccc1Oc1cnc2[nH]ccc2c1. The monoisotopic (exact) mass is 480 g/mol. The third-order valence-corrected chi connectivity index (χ3v) is 5.74. The van der Waals surface area contributed by atoms with Crippen LogP contribution < -0.4 is 14.5 Å². The maximum Gasteiger partial charge on any atom is 0.416 e. The van der Waals surface area contributed by atoms with Crippen LogP contribution in [0.5, 0.6) is 11.5 Å². The minimum atomic E-state index is -4.56. The molecule has 3 amide bonds. The van der Waals surface area contributed by atoms with E-state index in [2.05, 4.69) is 9.97 Å². The van der Waals surface area contributed by atoms with Gasteiger partial charge >= 0.3 is 12.2 Å². The van der Waals surface area contributed by atoms with Gasteiger partial charge in [0, 0.05) is 17.3 Å². The molecule has 1 N–H and O–H groups in total. The van der Waals surface area contributed by atoms with Crippen molar-refractivity contribution in [1.82, 2.24) is 9.97 Å². The first-order valence-corrected chi connectivity index (χ1v) is 10.8. The zero-order valence-electron chi connectivity index (χ0n) is 18.5. The molecule has 10 heteroatoms. The average Bonchev–Trinajstić information content (AvgIpc) is 3.42. The van der Waals surface area contributed by atoms with Gasteiger partial charge in [0.2, 0.25) is 0 Å². The van der Waals surface area contributed by atoms with Crippen molar-refractivity contribution in [2.24, 2.45) is 0 Å². The number of anilines is 2. The van der Waals surface area contributed by atoms with E-state index in [9.17, 15) is 22.8 Å². The van der Waals surface area contributed by atoms with Crippen molar-refractivity contribution < 1.29 is 27.5 Å². The molecular formula is C25H19F3N4O3. The smallest absolute Gasteiger partial charge is 0.416 e. The number of hydrogen-bond acceptors (Lipinski definition) is 4. The molecule has 0 aliphatic carbocycles. The van der Waals surface area contributed by atoms with Gasteiger partial charge in [-0.3, -0.25) is 9.69 Å². The number of benzene rings is 2. The molecule has 1 aliphatic rings. The molecule has 7 nitrogen and oxygen atoms in total. The summed E-state index contributed by atoms with van der Waals surface area (Å²) in [7, 11) is 0. The molecule has 3 heterocycles. The first kappa shape index (κ1) is 22.5. The van der Waals surface area contributed by atoms with Crippen LogP contribution in [0.1, 0.15) is 18.1 Å². The molecule has 0 saturated carbocycles. The molecule has 4 aromatic rings. The number of nitrogens with one attached hydrogen (secondary N) is 1. The Labute approximate surface area is 197 Å². The number of H-pyrrole nitrogens is 1. The number of hydrogen-bond donors (Lipinski definition) is 1. The second kappa shape index (κ2) is 8.46. The fourth-order valence-electron chi connectivity index (χ4n) is 3.99. The molecule has 0 radical (unpaired) electrons. The van der Waals surface area contributed by atoms with E-state index in [1.165, 1.54) is 12.1 Å². The maximum atomic E-state index is 13.1. The molecule has 1 fully saturated rings. The number of carbonyl (C=O) groups is 2. The number of alkyl halides is 3. The van der Waals surface area contributed by atoms with Gasteiger partial charge in [0.05, 0.1) is 17.4 Å². The number of imide groups is 1. The van der Waals surface area contributed by atoms with Crippen LogP contribution >= 0.6 is 0 Å². The van der Waals surface area contributed by atoms with E-state index in [-0.39, 0.29) is 12.2 Å². The molecule has 2 aromatic heterocycles. The fourth-order valence-corrected chi connectivity index (χ4v) is 3.99. The third kappa shape index (κ3) is 4.18. The van der Waals surface area contributed by atoms with E-state index < -0.39 is 23.7 Å². The summed E-state index contributed by atoms with van der Waals surface area (Å²) in [5.74, 6) is 0.538. The average molecular weight is 480 g/mol. The highest BCUT2D eigenvalue weighted by atomic mass is 19.4. The number of aromatic amines is 1. The van der Waals surface area contributed by atoms with Crippen molar-refractivity contribution in [1.29, 1.82) is 0 Å². The topological polar surface area (TPSA) is 78.5 Å². The molecule has 5 rings (SSSR count). The Morgan fingerprint density at radius 3 is 2.66 bits per heavy atom. The van der Waals surface area contributed by atoms with Gasteiger partial charge in [-0.15, -0.1) is 0 Å². The van der Waals surface area contributed by atoms with Gasteiger partial charge in [-0.1, -0.05) is 13.0 Å². The van der Waals surface area contributed by atoms with Crippen molar-refractivity contribution >= 4 is 34.3 Å². The lowest BCUT2D eigenvalue weighted by Crippen LogP contribution is -2.33. The summed E-state index contributed by atoms with van der Waals surface area (Å²) in [4.78, 5) is 35.1. The molecule has 2 aromatic carbocycles. The summed E-state index contributed by atoms with van der Waals surface area (Å²) in [6.07, 6.45) is -0.640. The van der Waals surface area contributed by atoms with Crippen LogP contribution in [-0.4, -0.2) is 28.5 Å². The molecule has 35 heavy (non-hydrogen) atoms. The van der Waals surface area contributed by atoms with E-state index in [0.29, 0.717) is 23.6 Å². The maximum absolute atomic E-state index is 13.1. The number of aryl methyl sites for hydroxylation is 1. The summed E-state index contributed by atoms with van der Waals surface area (Å²) in [5.41, 5.74) is 0.909. The van der Waals surface area contributed by atoms with Crippen molar-refractivity contribution in [3.63, 3.8) is 0 Å². The number of amides is 3. The standard InChI is InChI=1S/C25H19F3N4O3/c1-2-15-10-19(6-7-21(15)35-20-11-16-8-9-29-23(16)30-13-20)32-22(33)14-31(24(32)34)18-5-3-4-17(12-18)25(26,27)28/h3-13H,2,14H2,1H3,(H,29,30). The normalized spacial score (nSPS) is 14.3. The van der Waals surface area contributed by atoms with E-state index in [1.807, 2.05) is 19.1 Å². The van der Waals surface area contributed by atoms with Crippen LogP contribution in [0.4, 0.5) is 29.3 Å². The number of carbonyl (C=O) groups excluding carboxylic acids is 2. The second-order valence-corrected chi connectivity index (χ2v) is 7.98. The Morgan fingerprint density at radius 1 is 1.06 bits per heavy atom. The van der Waals surface area contributed by atoms with E-state index in [4.69, 9.17) is 4.74 Å². The highest BCUT2D eigenvalue weighted by Gasteiger charge is 2.39. The number of pyridine rings is 1. The molecule has 0 unspecified atom stereocenters. The Bertz CT molecular complexity index is 1450. The number of urea groups is 1. The molecule has 0 bridgehead atoms. The summed E-state index contributed by atoms with van der Waals surface area (Å²) in [6, 6.07) is 12.2. The lowest BCUT2D eigenvalue weighted by Gasteiger charge is -2.19. The Hall–Kier alpha value is -4.34. The molecular weight excluding hydrogens is 461 g/mol. The fraction of sp³-hybridized carbons (Fsp3) is 0.160. The van der Waals surface area contributed by atoms with E-state index >= 15 is 0 Å². The number of nitrogens with zero attached hydrogens (tertiary/aromatic N) is 3. The zero-order valence-corrected chi connectivity index (χ0v) is 18.5. The summed E-state index contributed by atoms with van der Waals surface area (Å²) in [5, 5.41) is 0.889. The summed E-state index contributed by atoms with van der Waals surface area (Å²) >= 11 is 0. The molecule has 178 valence electrons. The highest BCUT2D eigenvalue weighted by Crippen LogP contribution is 2.35. The predicted octanol–water partition coefficient (Wildman–Crippen LogP) is 5.91. The number of fused-ring (bicyclic) bond motifs is 1. The van der Waals surface area contributed by atoms with Gasteiger partial charge in [-0.05, 0) is 60.5 Å². The van der Waals surface area contributed by atoms with Crippen molar-refractivity contribution in [2.45, 2.75) is 19.5 Å². The Morgan fingerprint density at radius 2 is 1.89 bits per heavy atom. The number of aromatic nitrogens is 2. The van der Waals surface area contributed by atoms with Gasteiger partial charge in [0.1, 0.15) is 23.7 Å². The summed E-state index contributed by atoms with van der Waals surface area (Å²) < 4.78 is 45.3. The molecule has 1 aliphatic heterocycles. The third-order valence-electron chi connectivity index (χ3n) is 5.74. The van der Waals surface area contributed by atoms with Crippen molar-refractivity contribution in [3.8, 4) is 11.5 Å². The second-order valence-electron chi connectivity index (χ2n) is 7.98. The highest BCUT2D eigenvalue weighted by molar-refractivity contribution is 6.27. The van der Waals surface area contributed by atoms with Crippen molar-refractivity contribution in [2.75, 3.05) is 16.3 Å². The van der Waals surface area contributed by atoms with Gasteiger partial charge in [-0.25, -0.2) is 14.7 Å². The molecule has 0 spiro atoms. The number of ether oxygens (including phenoxy) is 1. The predicted molar refractivity (Wildman–Crippen MR) is 124 cm³/mol. The van der Waals surface area contributed by atoms with Crippen LogP contribution in [0, 0.1) is 0 Å². The Balaban J connectivity index is 1.41. The van der Waals surface area contributed by atoms with Crippen LogP contribution in [0.2, 0.25) is 0 Å². The number of rotatable bonds is 5. The first-order chi connectivity index (χ1) is 16.7. The lowest BCUT2D eigenvalue weighted by atomic mass is 10.1. The van der Waals surface area contributed by atoms with Crippen molar-refractivity contribution in [3.05, 3.63) is 78.1 Å². The largest absolute Gasteiger partial charge is 0.455 e. The lowest BCUT2D eigenvalue weighted by molar-refractivity contribution is -0.137. The van der Waals surface area contributed by atoms with Crippen LogP contribution in [0.25, 0.3) is 11.0 Å². The first-order valence-electron chi connectivity index (χ1n) is 10.8. The van der Waals surface area contributed by atoms with Gasteiger partial charge in [0.25, 0.3) is 5.91 Å². The van der Waals surface area contributed by atoms with Gasteiger partial charge in [-0.2, -0.15) is 13.2 Å². The van der Waals surface area contributed by atoms with Crippen LogP contribution in [0.3, 0.4) is 0 Å². The van der Waals surface area contributed by atoms with Crippen LogP contribution in [-0.2, 0) is 17.4 Å². The van der Waals surface area contributed by atoms with Gasteiger partial charge in [0.15, 0.2) is 0 Å². The van der Waals surface area contributed by atoms with Gasteiger partial charge < -0.3 is 9.72 Å². The zero-order chi connectivity index (χ0) is 24.7. The van der Waals surface area contributed by atoms with E-state index in [1.54, 1.807) is 30.6 Å². The minimum Gasteiger partial charge on any atom is -0.455 e. The molecule has 0 atom stereocenters.